The standard InChI is InChI=1S/C20H21N3O3S2/c24-19(21-11-10-14-4-2-1-3-5-14)15-6-8-16(9-7-15)22-20-23-17-12-28(25,26)13-18(17)27-20/h1-9,17-18H,10-13H2,(H,21,24)(H,22,23)/t17-,18-/m0/s1. The van der Waals surface area contributed by atoms with Crippen LogP contribution in [0.4, 0.5) is 5.69 Å². The molecule has 0 radical (unpaired) electrons. The van der Waals surface area contributed by atoms with Crippen LogP contribution < -0.4 is 10.6 Å². The highest BCUT2D eigenvalue weighted by atomic mass is 32.2. The Bertz CT molecular complexity index is 989. The Morgan fingerprint density at radius 3 is 2.54 bits per heavy atom. The number of carbonyl (C=O) groups is 1. The fourth-order valence-electron chi connectivity index (χ4n) is 3.31. The number of amidine groups is 1. The number of carbonyl (C=O) groups excluding carboxylic acids is 1. The lowest BCUT2D eigenvalue weighted by molar-refractivity contribution is 0.0954. The van der Waals surface area contributed by atoms with Crippen LogP contribution in [0.3, 0.4) is 0 Å². The molecule has 2 aliphatic rings. The molecule has 0 bridgehead atoms. The summed E-state index contributed by atoms with van der Waals surface area (Å²) < 4.78 is 23.3. The average Bonchev–Trinajstić information content (AvgIpc) is 3.15. The molecule has 0 unspecified atom stereocenters. The van der Waals surface area contributed by atoms with E-state index in [9.17, 15) is 13.2 Å². The second kappa shape index (κ2) is 7.97. The molecule has 6 nitrogen and oxygen atoms in total. The number of nitrogens with zero attached hydrogens (tertiary/aromatic N) is 1. The highest BCUT2D eigenvalue weighted by Gasteiger charge is 2.42. The predicted molar refractivity (Wildman–Crippen MR) is 114 cm³/mol. The summed E-state index contributed by atoms with van der Waals surface area (Å²) in [6.45, 7) is 0.585. The maximum atomic E-state index is 12.3. The van der Waals surface area contributed by atoms with Crippen molar-refractivity contribution >= 4 is 38.4 Å². The number of anilines is 1. The van der Waals surface area contributed by atoms with Gasteiger partial charge in [0.05, 0.1) is 17.5 Å². The van der Waals surface area contributed by atoms with E-state index in [1.54, 1.807) is 12.1 Å². The van der Waals surface area contributed by atoms with Crippen LogP contribution in [-0.2, 0) is 16.3 Å². The van der Waals surface area contributed by atoms with E-state index < -0.39 is 9.84 Å². The molecule has 0 saturated carbocycles. The lowest BCUT2D eigenvalue weighted by Crippen LogP contribution is -2.25. The first-order valence-electron chi connectivity index (χ1n) is 9.13. The molecule has 1 saturated heterocycles. The van der Waals surface area contributed by atoms with E-state index >= 15 is 0 Å². The predicted octanol–water partition coefficient (Wildman–Crippen LogP) is 2.34. The van der Waals surface area contributed by atoms with Gasteiger partial charge >= 0.3 is 0 Å². The number of rotatable bonds is 5. The van der Waals surface area contributed by atoms with Crippen LogP contribution in [-0.4, -0.2) is 48.8 Å². The van der Waals surface area contributed by atoms with E-state index in [4.69, 9.17) is 0 Å². The lowest BCUT2D eigenvalue weighted by atomic mass is 10.1. The minimum Gasteiger partial charge on any atom is -0.352 e. The minimum absolute atomic E-state index is 0.0159. The van der Waals surface area contributed by atoms with Crippen LogP contribution in [0.2, 0.25) is 0 Å². The molecule has 4 rings (SSSR count). The van der Waals surface area contributed by atoms with E-state index in [1.165, 1.54) is 17.3 Å². The summed E-state index contributed by atoms with van der Waals surface area (Å²) in [4.78, 5) is 16.7. The summed E-state index contributed by atoms with van der Waals surface area (Å²) in [5, 5.41) is 6.90. The van der Waals surface area contributed by atoms with Crippen molar-refractivity contribution in [3.63, 3.8) is 0 Å². The van der Waals surface area contributed by atoms with Crippen molar-refractivity contribution in [3.05, 3.63) is 65.7 Å². The van der Waals surface area contributed by atoms with Gasteiger partial charge in [0, 0.05) is 23.0 Å². The zero-order valence-electron chi connectivity index (χ0n) is 15.2. The van der Waals surface area contributed by atoms with Gasteiger partial charge in [-0.05, 0) is 36.2 Å². The highest BCUT2D eigenvalue weighted by Crippen LogP contribution is 2.34. The Morgan fingerprint density at radius 1 is 1.07 bits per heavy atom. The van der Waals surface area contributed by atoms with Gasteiger partial charge < -0.3 is 10.6 Å². The molecule has 2 aromatic carbocycles. The van der Waals surface area contributed by atoms with E-state index in [1.807, 2.05) is 42.5 Å². The third-order valence-electron chi connectivity index (χ3n) is 4.76. The molecule has 28 heavy (non-hydrogen) atoms. The number of aliphatic imine (C=N–C) groups is 1. The largest absolute Gasteiger partial charge is 0.352 e. The van der Waals surface area contributed by atoms with Gasteiger partial charge in [-0.2, -0.15) is 0 Å². The van der Waals surface area contributed by atoms with Gasteiger partial charge in [-0.1, -0.05) is 42.1 Å². The Hall–Kier alpha value is -2.32. The van der Waals surface area contributed by atoms with Crippen molar-refractivity contribution in [2.45, 2.75) is 17.7 Å². The second-order valence-corrected chi connectivity index (χ2v) is 10.3. The van der Waals surface area contributed by atoms with E-state index in [0.717, 1.165) is 17.3 Å². The Morgan fingerprint density at radius 2 is 1.82 bits per heavy atom. The van der Waals surface area contributed by atoms with Gasteiger partial charge in [-0.3, -0.25) is 9.79 Å². The smallest absolute Gasteiger partial charge is 0.251 e. The quantitative estimate of drug-likeness (QED) is 0.783. The average molecular weight is 416 g/mol. The third kappa shape index (κ3) is 4.56. The number of fused-ring (bicyclic) bond motifs is 1. The van der Waals surface area contributed by atoms with Gasteiger partial charge in [0.2, 0.25) is 0 Å². The van der Waals surface area contributed by atoms with Gasteiger partial charge in [-0.25, -0.2) is 8.42 Å². The molecule has 2 atom stereocenters. The first-order chi connectivity index (χ1) is 13.5. The van der Waals surface area contributed by atoms with Crippen LogP contribution in [0.1, 0.15) is 15.9 Å². The summed E-state index contributed by atoms with van der Waals surface area (Å²) in [5.74, 6) is 0.228. The maximum Gasteiger partial charge on any atom is 0.251 e. The van der Waals surface area contributed by atoms with Crippen molar-refractivity contribution in [3.8, 4) is 0 Å². The van der Waals surface area contributed by atoms with E-state index in [2.05, 4.69) is 15.6 Å². The molecule has 1 amide bonds. The molecular weight excluding hydrogens is 394 g/mol. The lowest BCUT2D eigenvalue weighted by Gasteiger charge is -2.09. The highest BCUT2D eigenvalue weighted by molar-refractivity contribution is 8.15. The molecule has 0 spiro atoms. The summed E-state index contributed by atoms with van der Waals surface area (Å²) in [6.07, 6.45) is 0.793. The Labute approximate surface area is 168 Å². The molecule has 2 aromatic rings. The van der Waals surface area contributed by atoms with Gasteiger partial charge in [0.15, 0.2) is 15.0 Å². The van der Waals surface area contributed by atoms with E-state index in [-0.39, 0.29) is 28.7 Å². The van der Waals surface area contributed by atoms with Crippen molar-refractivity contribution in [2.24, 2.45) is 4.99 Å². The topological polar surface area (TPSA) is 87.6 Å². The molecule has 2 heterocycles. The zero-order valence-corrected chi connectivity index (χ0v) is 16.8. The van der Waals surface area contributed by atoms with Crippen molar-refractivity contribution in [2.75, 3.05) is 23.4 Å². The van der Waals surface area contributed by atoms with Crippen LogP contribution in [0, 0.1) is 0 Å². The molecule has 0 aromatic heterocycles. The minimum atomic E-state index is -2.94. The van der Waals surface area contributed by atoms with Gasteiger partial charge in [0.25, 0.3) is 5.91 Å². The number of hydrogen-bond donors (Lipinski definition) is 2. The number of amides is 1. The van der Waals surface area contributed by atoms with Crippen molar-refractivity contribution in [1.82, 2.24) is 5.32 Å². The zero-order chi connectivity index (χ0) is 19.6. The molecule has 2 N–H and O–H groups in total. The molecule has 146 valence electrons. The monoisotopic (exact) mass is 415 g/mol. The molecule has 2 aliphatic heterocycles. The first-order valence-corrected chi connectivity index (χ1v) is 11.8. The van der Waals surface area contributed by atoms with Gasteiger partial charge in [0.1, 0.15) is 0 Å². The second-order valence-electron chi connectivity index (χ2n) is 6.93. The first kappa shape index (κ1) is 19.0. The third-order valence-corrected chi connectivity index (χ3v) is 7.90. The van der Waals surface area contributed by atoms with Crippen molar-refractivity contribution in [1.29, 1.82) is 0 Å². The molecule has 0 aliphatic carbocycles. The molecular formula is C20H21N3O3S2. The Kier molecular flexibility index (Phi) is 5.41. The number of nitrogens with one attached hydrogen (secondary N) is 2. The number of thioether (sulfide) groups is 1. The Balaban J connectivity index is 1.29. The SMILES string of the molecule is O=C(NCCc1ccccc1)c1ccc(NC2=N[C@H]3CS(=O)(=O)C[C@@H]3S2)cc1. The fourth-order valence-corrected chi connectivity index (χ4v) is 6.99. The molecule has 8 heteroatoms. The van der Waals surface area contributed by atoms with E-state index in [0.29, 0.717) is 12.1 Å². The van der Waals surface area contributed by atoms with Crippen LogP contribution in [0.5, 0.6) is 0 Å². The maximum absolute atomic E-state index is 12.3. The number of benzene rings is 2. The van der Waals surface area contributed by atoms with Crippen LogP contribution in [0.25, 0.3) is 0 Å². The molecule has 1 fully saturated rings. The van der Waals surface area contributed by atoms with Gasteiger partial charge in [-0.15, -0.1) is 0 Å². The van der Waals surface area contributed by atoms with Crippen molar-refractivity contribution < 1.29 is 13.2 Å². The fraction of sp³-hybridized carbons (Fsp3) is 0.300. The number of hydrogen-bond acceptors (Lipinski definition) is 6. The van der Waals surface area contributed by atoms with Crippen LogP contribution >= 0.6 is 11.8 Å². The normalized spacial score (nSPS) is 22.4. The summed E-state index contributed by atoms with van der Waals surface area (Å²) in [5.41, 5.74) is 2.62. The summed E-state index contributed by atoms with van der Waals surface area (Å²) >= 11 is 1.48. The van der Waals surface area contributed by atoms with Crippen LogP contribution in [0.15, 0.2) is 59.6 Å². The summed E-state index contributed by atoms with van der Waals surface area (Å²) in [7, 11) is -2.94. The number of sulfone groups is 1. The summed E-state index contributed by atoms with van der Waals surface area (Å²) in [6, 6.07) is 17.1.